The van der Waals surface area contributed by atoms with Gasteiger partial charge in [0.1, 0.15) is 5.82 Å². The van der Waals surface area contributed by atoms with Crippen molar-refractivity contribution in [3.8, 4) is 6.07 Å². The van der Waals surface area contributed by atoms with Crippen LogP contribution in [0.4, 0.5) is 10.1 Å². The van der Waals surface area contributed by atoms with Crippen molar-refractivity contribution in [1.82, 2.24) is 0 Å². The van der Waals surface area contributed by atoms with Crippen molar-refractivity contribution < 1.29 is 4.39 Å². The van der Waals surface area contributed by atoms with Gasteiger partial charge in [-0.1, -0.05) is 6.92 Å². The lowest BCUT2D eigenvalue weighted by Crippen LogP contribution is -2.25. The maximum Gasteiger partial charge on any atom is 0.147 e. The predicted molar refractivity (Wildman–Crippen MR) is 66.2 cm³/mol. The Morgan fingerprint density at radius 2 is 2.00 bits per heavy atom. The molecule has 0 unspecified atom stereocenters. The highest BCUT2D eigenvalue weighted by atomic mass is 19.1. The fourth-order valence-corrected chi connectivity index (χ4v) is 2.33. The van der Waals surface area contributed by atoms with Crippen LogP contribution in [-0.2, 0) is 0 Å². The number of hydrogen-bond donors (Lipinski definition) is 1. The molecule has 0 spiro atoms. The summed E-state index contributed by atoms with van der Waals surface area (Å²) in [5, 5.41) is 11.9. The molecular weight excluding hydrogens is 215 g/mol. The second kappa shape index (κ2) is 5.18. The van der Waals surface area contributed by atoms with E-state index in [1.54, 1.807) is 12.1 Å². The molecule has 1 aromatic rings. The van der Waals surface area contributed by atoms with Gasteiger partial charge in [-0.05, 0) is 49.8 Å². The lowest BCUT2D eigenvalue weighted by atomic mass is 9.87. The van der Waals surface area contributed by atoms with Crippen molar-refractivity contribution >= 4 is 5.69 Å². The van der Waals surface area contributed by atoms with Crippen LogP contribution in [0.15, 0.2) is 18.2 Å². The van der Waals surface area contributed by atoms with Crippen LogP contribution in [0.1, 0.15) is 38.2 Å². The summed E-state index contributed by atoms with van der Waals surface area (Å²) in [5.41, 5.74) is 0.883. The first-order chi connectivity index (χ1) is 8.19. The molecule has 0 radical (unpaired) electrons. The fraction of sp³-hybridized carbons (Fsp3) is 0.500. The monoisotopic (exact) mass is 232 g/mol. The van der Waals surface area contributed by atoms with E-state index in [0.717, 1.165) is 18.8 Å². The van der Waals surface area contributed by atoms with E-state index in [2.05, 4.69) is 12.2 Å². The summed E-state index contributed by atoms with van der Waals surface area (Å²) >= 11 is 0. The molecule has 1 aliphatic rings. The quantitative estimate of drug-likeness (QED) is 0.844. The molecule has 0 saturated heterocycles. The molecule has 1 aliphatic carbocycles. The zero-order chi connectivity index (χ0) is 12.3. The van der Waals surface area contributed by atoms with Gasteiger partial charge < -0.3 is 5.32 Å². The zero-order valence-electron chi connectivity index (χ0n) is 10.0. The summed E-state index contributed by atoms with van der Waals surface area (Å²) in [4.78, 5) is 0. The van der Waals surface area contributed by atoms with E-state index in [0.29, 0.717) is 17.3 Å². The standard InChI is InChI=1S/C14H17FN2/c1-10-2-5-12(6-3-10)17-14-7-4-11(9-16)8-13(14)15/h4,7-8,10,12,17H,2-3,5-6H2,1H3. The van der Waals surface area contributed by atoms with Crippen LogP contribution in [0, 0.1) is 23.1 Å². The number of nitrogens with one attached hydrogen (secondary N) is 1. The van der Waals surface area contributed by atoms with E-state index in [-0.39, 0.29) is 5.82 Å². The Morgan fingerprint density at radius 1 is 1.29 bits per heavy atom. The first kappa shape index (κ1) is 11.9. The topological polar surface area (TPSA) is 35.8 Å². The Labute approximate surface area is 101 Å². The number of nitrogens with zero attached hydrogens (tertiary/aromatic N) is 1. The first-order valence-electron chi connectivity index (χ1n) is 6.15. The molecule has 1 fully saturated rings. The van der Waals surface area contributed by atoms with Crippen molar-refractivity contribution in [2.24, 2.45) is 5.92 Å². The molecule has 0 aliphatic heterocycles. The molecular formula is C14H17FN2. The van der Waals surface area contributed by atoms with Gasteiger partial charge in [-0.3, -0.25) is 0 Å². The Hall–Kier alpha value is -1.56. The summed E-state index contributed by atoms with van der Waals surface area (Å²) in [7, 11) is 0. The minimum atomic E-state index is -0.331. The third-order valence-electron chi connectivity index (χ3n) is 3.47. The Morgan fingerprint density at radius 3 is 2.59 bits per heavy atom. The zero-order valence-corrected chi connectivity index (χ0v) is 10.0. The van der Waals surface area contributed by atoms with Gasteiger partial charge >= 0.3 is 0 Å². The van der Waals surface area contributed by atoms with Crippen molar-refractivity contribution in [3.05, 3.63) is 29.6 Å². The molecule has 1 aromatic carbocycles. The summed E-state index contributed by atoms with van der Waals surface area (Å²) < 4.78 is 13.7. The summed E-state index contributed by atoms with van der Waals surface area (Å²) in [5.74, 6) is 0.460. The molecule has 0 amide bonds. The second-order valence-corrected chi connectivity index (χ2v) is 4.91. The average Bonchev–Trinajstić information content (AvgIpc) is 2.34. The van der Waals surface area contributed by atoms with Gasteiger partial charge in [-0.15, -0.1) is 0 Å². The highest BCUT2D eigenvalue weighted by molar-refractivity contribution is 5.49. The molecule has 0 heterocycles. The highest BCUT2D eigenvalue weighted by Gasteiger charge is 2.18. The number of benzene rings is 1. The van der Waals surface area contributed by atoms with E-state index < -0.39 is 0 Å². The van der Waals surface area contributed by atoms with Crippen LogP contribution in [0.2, 0.25) is 0 Å². The summed E-state index contributed by atoms with van der Waals surface area (Å²) in [6, 6.07) is 6.90. The summed E-state index contributed by atoms with van der Waals surface area (Å²) in [6.07, 6.45) is 4.60. The van der Waals surface area contributed by atoms with Crippen molar-refractivity contribution in [2.75, 3.05) is 5.32 Å². The molecule has 1 N–H and O–H groups in total. The second-order valence-electron chi connectivity index (χ2n) is 4.91. The van der Waals surface area contributed by atoms with Gasteiger partial charge in [0.2, 0.25) is 0 Å². The van der Waals surface area contributed by atoms with Crippen LogP contribution in [0.3, 0.4) is 0 Å². The van der Waals surface area contributed by atoms with Crippen LogP contribution >= 0.6 is 0 Å². The van der Waals surface area contributed by atoms with Gasteiger partial charge in [0.05, 0.1) is 17.3 Å². The van der Waals surface area contributed by atoms with Crippen molar-refractivity contribution in [3.63, 3.8) is 0 Å². The van der Waals surface area contributed by atoms with Crippen LogP contribution in [0.5, 0.6) is 0 Å². The third-order valence-corrected chi connectivity index (χ3v) is 3.47. The minimum Gasteiger partial charge on any atom is -0.380 e. The van der Waals surface area contributed by atoms with E-state index >= 15 is 0 Å². The lowest BCUT2D eigenvalue weighted by Gasteiger charge is -2.27. The van der Waals surface area contributed by atoms with Crippen LogP contribution < -0.4 is 5.32 Å². The third kappa shape index (κ3) is 2.97. The molecule has 2 rings (SSSR count). The van der Waals surface area contributed by atoms with Gasteiger partial charge in [0.25, 0.3) is 0 Å². The number of hydrogen-bond acceptors (Lipinski definition) is 2. The summed E-state index contributed by atoms with van der Waals surface area (Å²) in [6.45, 7) is 2.26. The van der Waals surface area contributed by atoms with Gasteiger partial charge in [-0.2, -0.15) is 5.26 Å². The minimum absolute atomic E-state index is 0.331. The fourth-order valence-electron chi connectivity index (χ4n) is 2.33. The van der Waals surface area contributed by atoms with Gasteiger partial charge in [0.15, 0.2) is 0 Å². The molecule has 0 atom stereocenters. The molecule has 0 bridgehead atoms. The molecule has 1 saturated carbocycles. The molecule has 90 valence electrons. The molecule has 17 heavy (non-hydrogen) atoms. The molecule has 2 nitrogen and oxygen atoms in total. The smallest absolute Gasteiger partial charge is 0.147 e. The maximum atomic E-state index is 13.7. The first-order valence-corrected chi connectivity index (χ1v) is 6.15. The Balaban J connectivity index is 2.02. The van der Waals surface area contributed by atoms with E-state index in [9.17, 15) is 4.39 Å². The normalized spacial score (nSPS) is 24.1. The number of halogens is 1. The van der Waals surface area contributed by atoms with Crippen molar-refractivity contribution in [1.29, 1.82) is 5.26 Å². The number of rotatable bonds is 2. The van der Waals surface area contributed by atoms with Gasteiger partial charge in [-0.25, -0.2) is 4.39 Å². The van der Waals surface area contributed by atoms with E-state index in [1.165, 1.54) is 18.9 Å². The molecule has 0 aromatic heterocycles. The van der Waals surface area contributed by atoms with Gasteiger partial charge in [0, 0.05) is 6.04 Å². The lowest BCUT2D eigenvalue weighted by molar-refractivity contribution is 0.360. The molecule has 3 heteroatoms. The van der Waals surface area contributed by atoms with E-state index in [1.807, 2.05) is 6.07 Å². The van der Waals surface area contributed by atoms with Crippen molar-refractivity contribution in [2.45, 2.75) is 38.6 Å². The SMILES string of the molecule is CC1CCC(Nc2ccc(C#N)cc2F)CC1. The Kier molecular flexibility index (Phi) is 3.63. The maximum absolute atomic E-state index is 13.7. The predicted octanol–water partition coefficient (Wildman–Crippen LogP) is 3.69. The van der Waals surface area contributed by atoms with Crippen LogP contribution in [-0.4, -0.2) is 6.04 Å². The van der Waals surface area contributed by atoms with Crippen LogP contribution in [0.25, 0.3) is 0 Å². The number of nitriles is 1. The van der Waals surface area contributed by atoms with E-state index in [4.69, 9.17) is 5.26 Å². The largest absolute Gasteiger partial charge is 0.380 e. The number of anilines is 1. The highest BCUT2D eigenvalue weighted by Crippen LogP contribution is 2.27. The average molecular weight is 232 g/mol. The Bertz CT molecular complexity index is 428.